The van der Waals surface area contributed by atoms with E-state index in [2.05, 4.69) is 41.9 Å². The maximum atomic E-state index is 11.9. The van der Waals surface area contributed by atoms with Crippen LogP contribution in [0.5, 0.6) is 0 Å². The molecule has 146 valence electrons. The van der Waals surface area contributed by atoms with E-state index in [4.69, 9.17) is 9.79 Å². The van der Waals surface area contributed by atoms with Crippen LogP contribution >= 0.6 is 7.82 Å². The lowest BCUT2D eigenvalue weighted by molar-refractivity contribution is -0.129. The van der Waals surface area contributed by atoms with Gasteiger partial charge in [-0.1, -0.05) is 63.9 Å². The molecule has 0 heterocycles. The summed E-state index contributed by atoms with van der Waals surface area (Å²) in [5.41, 5.74) is 3.29. The average Bonchev–Trinajstić information content (AvgIpc) is 2.47. The number of phosphoric acid groups is 1. The molecule has 0 spiro atoms. The minimum absolute atomic E-state index is 0.0559. The second kappa shape index (κ2) is 11.4. The molecule has 0 aliphatic rings. The van der Waals surface area contributed by atoms with Gasteiger partial charge in [-0.05, 0) is 26.3 Å². The van der Waals surface area contributed by atoms with E-state index in [1.807, 2.05) is 41.5 Å². The molecule has 1 atom stereocenters. The number of rotatable bonds is 3. The van der Waals surface area contributed by atoms with E-state index in [0.29, 0.717) is 0 Å². The van der Waals surface area contributed by atoms with Crippen molar-refractivity contribution < 1.29 is 23.7 Å². The Balaban J connectivity index is 0. The highest BCUT2D eigenvalue weighted by Gasteiger charge is 2.23. The fourth-order valence-corrected chi connectivity index (χ4v) is 1.76. The van der Waals surface area contributed by atoms with Crippen LogP contribution in [0.3, 0.4) is 0 Å². The van der Waals surface area contributed by atoms with Crippen LogP contribution in [0, 0.1) is 19.3 Å². The van der Waals surface area contributed by atoms with E-state index in [-0.39, 0.29) is 17.4 Å². The Morgan fingerprint density at radius 3 is 1.76 bits per heavy atom. The molecule has 1 aromatic carbocycles. The van der Waals surface area contributed by atoms with Crippen LogP contribution in [-0.2, 0) is 13.9 Å². The molecule has 3 N–H and O–H groups in total. The number of benzene rings is 1. The van der Waals surface area contributed by atoms with Crippen molar-refractivity contribution in [3.63, 3.8) is 0 Å². The van der Waals surface area contributed by atoms with Crippen molar-refractivity contribution in [1.29, 1.82) is 0 Å². The first kappa shape index (κ1) is 26.0. The molecule has 0 bridgehead atoms. The number of hydrogen-bond donors (Lipinski definition) is 3. The highest BCUT2D eigenvalue weighted by atomic mass is 31.2. The molecule has 0 saturated carbocycles. The van der Waals surface area contributed by atoms with Crippen LogP contribution in [0.1, 0.15) is 64.3 Å². The summed E-state index contributed by atoms with van der Waals surface area (Å²) in [6.45, 7) is 16.0. The fraction of sp³-hybridized carbons (Fsp3) is 0.611. The molecule has 1 rings (SSSR count). The predicted molar refractivity (Wildman–Crippen MR) is 102 cm³/mol. The zero-order valence-electron chi connectivity index (χ0n) is 16.9. The summed E-state index contributed by atoms with van der Waals surface area (Å²) in [6, 6.07) is 6.45. The molecule has 0 aliphatic carbocycles. The number of amides is 1. The van der Waals surface area contributed by atoms with Crippen molar-refractivity contribution in [2.45, 2.75) is 61.4 Å². The van der Waals surface area contributed by atoms with E-state index in [9.17, 15) is 9.36 Å². The highest BCUT2D eigenvalue weighted by Crippen LogP contribution is 2.33. The minimum atomic E-state index is -4.15. The first-order valence-corrected chi connectivity index (χ1v) is 9.79. The first-order valence-electron chi connectivity index (χ1n) is 8.26. The van der Waals surface area contributed by atoms with E-state index >= 15 is 0 Å². The quantitative estimate of drug-likeness (QED) is 0.685. The standard InChI is InChI=1S/C15H23NO.C2H6.CH5O4P/c1-10-7-11(2)9-13(8-10)12(3)16-14(17)15(4,5)6;1-2;1-5-6(2,3)4/h7-9,12H,1-6H3,(H,16,17);1-2H3;1H3,(H2,2,3,4)/t12-;;/m1../s1. The molecular formula is C18H34NO5P. The Morgan fingerprint density at radius 1 is 1.12 bits per heavy atom. The number of carbonyl (C=O) groups is 1. The summed E-state index contributed by atoms with van der Waals surface area (Å²) in [4.78, 5) is 27.3. The molecule has 7 heteroatoms. The molecule has 0 saturated heterocycles. The molecule has 0 aromatic heterocycles. The third kappa shape index (κ3) is 12.8. The molecular weight excluding hydrogens is 341 g/mol. The number of aryl methyl sites for hydroxylation is 2. The van der Waals surface area contributed by atoms with Gasteiger partial charge in [-0.2, -0.15) is 0 Å². The van der Waals surface area contributed by atoms with Gasteiger partial charge in [0, 0.05) is 12.5 Å². The second-order valence-corrected chi connectivity index (χ2v) is 7.89. The average molecular weight is 375 g/mol. The normalized spacial score (nSPS) is 12.1. The Kier molecular flexibility index (Phi) is 11.9. The van der Waals surface area contributed by atoms with Crippen LogP contribution in [0.4, 0.5) is 0 Å². The van der Waals surface area contributed by atoms with Gasteiger partial charge in [-0.15, -0.1) is 0 Å². The second-order valence-electron chi connectivity index (χ2n) is 6.54. The molecule has 1 aromatic rings. The number of hydrogen-bond acceptors (Lipinski definition) is 3. The molecule has 0 radical (unpaired) electrons. The highest BCUT2D eigenvalue weighted by molar-refractivity contribution is 7.46. The van der Waals surface area contributed by atoms with E-state index in [0.717, 1.165) is 7.11 Å². The Bertz CT molecular complexity index is 555. The minimum Gasteiger partial charge on any atom is -0.349 e. The van der Waals surface area contributed by atoms with Gasteiger partial charge in [0.25, 0.3) is 0 Å². The van der Waals surface area contributed by atoms with Crippen molar-refractivity contribution >= 4 is 13.7 Å². The van der Waals surface area contributed by atoms with Gasteiger partial charge in [0.15, 0.2) is 0 Å². The number of phosphoric ester groups is 1. The molecule has 0 fully saturated rings. The number of nitrogens with one attached hydrogen (secondary N) is 1. The zero-order chi connectivity index (χ0) is 20.4. The third-order valence-corrected chi connectivity index (χ3v) is 3.49. The lowest BCUT2D eigenvalue weighted by atomic mass is 9.94. The monoisotopic (exact) mass is 375 g/mol. The Labute approximate surface area is 152 Å². The molecule has 25 heavy (non-hydrogen) atoms. The molecule has 0 aliphatic heterocycles. The zero-order valence-corrected chi connectivity index (χ0v) is 17.8. The predicted octanol–water partition coefficient (Wildman–Crippen LogP) is 4.28. The van der Waals surface area contributed by atoms with Gasteiger partial charge in [-0.3, -0.25) is 9.32 Å². The van der Waals surface area contributed by atoms with Crippen molar-refractivity contribution in [2.24, 2.45) is 5.41 Å². The summed E-state index contributed by atoms with van der Waals surface area (Å²) in [6.07, 6.45) is 0. The smallest absolute Gasteiger partial charge is 0.349 e. The van der Waals surface area contributed by atoms with Crippen LogP contribution in [0.15, 0.2) is 18.2 Å². The van der Waals surface area contributed by atoms with Crippen LogP contribution in [0.25, 0.3) is 0 Å². The van der Waals surface area contributed by atoms with Crippen molar-refractivity contribution in [3.8, 4) is 0 Å². The van der Waals surface area contributed by atoms with E-state index < -0.39 is 7.82 Å². The van der Waals surface area contributed by atoms with Crippen LogP contribution < -0.4 is 5.32 Å². The largest absolute Gasteiger partial charge is 0.469 e. The maximum Gasteiger partial charge on any atom is 0.469 e. The van der Waals surface area contributed by atoms with Gasteiger partial charge in [0.2, 0.25) is 5.91 Å². The first-order chi connectivity index (χ1) is 11.3. The molecule has 0 unspecified atom stereocenters. The Morgan fingerprint density at radius 2 is 1.48 bits per heavy atom. The van der Waals surface area contributed by atoms with E-state index in [1.54, 1.807) is 0 Å². The van der Waals surface area contributed by atoms with Gasteiger partial charge < -0.3 is 15.1 Å². The van der Waals surface area contributed by atoms with Crippen molar-refractivity contribution in [2.75, 3.05) is 7.11 Å². The third-order valence-electron chi connectivity index (χ3n) is 3.01. The SMILES string of the molecule is CC.COP(=O)(O)O.Cc1cc(C)cc([C@@H](C)NC(=O)C(C)(C)C)c1. The number of carbonyl (C=O) groups excluding carboxylic acids is 1. The van der Waals surface area contributed by atoms with Crippen molar-refractivity contribution in [3.05, 3.63) is 34.9 Å². The summed E-state index contributed by atoms with van der Waals surface area (Å²) < 4.78 is 13.1. The van der Waals surface area contributed by atoms with Gasteiger partial charge in [0.1, 0.15) is 0 Å². The van der Waals surface area contributed by atoms with Crippen LogP contribution in [0.2, 0.25) is 0 Å². The fourth-order valence-electron chi connectivity index (χ4n) is 1.76. The maximum absolute atomic E-state index is 11.9. The van der Waals surface area contributed by atoms with Gasteiger partial charge >= 0.3 is 7.82 Å². The Hall–Kier alpha value is -1.20. The summed E-state index contributed by atoms with van der Waals surface area (Å²) in [5.74, 6) is 0.0872. The summed E-state index contributed by atoms with van der Waals surface area (Å²) in [7, 11) is -3.20. The molecule has 1 amide bonds. The lowest BCUT2D eigenvalue weighted by Gasteiger charge is -2.22. The van der Waals surface area contributed by atoms with Gasteiger partial charge in [0.05, 0.1) is 6.04 Å². The molecule has 6 nitrogen and oxygen atoms in total. The summed E-state index contributed by atoms with van der Waals surface area (Å²) >= 11 is 0. The summed E-state index contributed by atoms with van der Waals surface area (Å²) in [5, 5.41) is 3.05. The van der Waals surface area contributed by atoms with Crippen LogP contribution in [-0.4, -0.2) is 22.8 Å². The lowest BCUT2D eigenvalue weighted by Crippen LogP contribution is -2.36. The topological polar surface area (TPSA) is 95.9 Å². The van der Waals surface area contributed by atoms with Gasteiger partial charge in [-0.25, -0.2) is 4.57 Å². The van der Waals surface area contributed by atoms with E-state index in [1.165, 1.54) is 16.7 Å². The van der Waals surface area contributed by atoms with Crippen molar-refractivity contribution in [1.82, 2.24) is 5.32 Å².